The standard InChI is InChI=1S/C26H33N5O2S/c1-19-13-20(2)24-22(14-19)15-23(25(32)29-24)18-31(17-21-5-3-6-27-16-21)26(34)28-7-4-8-30-9-11-33-12-10-30/h3,5-6,13-16H,4,7-12,17-18H2,1-2H3,(H,28,34)(H,29,32). The highest BCUT2D eigenvalue weighted by atomic mass is 32.1. The summed E-state index contributed by atoms with van der Waals surface area (Å²) in [6.07, 6.45) is 4.59. The van der Waals surface area contributed by atoms with Crippen LogP contribution in [0.25, 0.3) is 10.9 Å². The number of aromatic amines is 1. The first kappa shape index (κ1) is 24.3. The molecule has 180 valence electrons. The summed E-state index contributed by atoms with van der Waals surface area (Å²) in [7, 11) is 0. The molecule has 0 amide bonds. The predicted octanol–water partition coefficient (Wildman–Crippen LogP) is 3.14. The van der Waals surface area contributed by atoms with Crippen molar-refractivity contribution in [3.63, 3.8) is 0 Å². The van der Waals surface area contributed by atoms with E-state index in [1.165, 1.54) is 5.56 Å². The molecule has 0 radical (unpaired) electrons. The maximum absolute atomic E-state index is 12.9. The lowest BCUT2D eigenvalue weighted by molar-refractivity contribution is 0.0376. The Kier molecular flexibility index (Phi) is 8.26. The zero-order valence-electron chi connectivity index (χ0n) is 20.0. The molecule has 1 saturated heterocycles. The Labute approximate surface area is 206 Å². The largest absolute Gasteiger partial charge is 0.379 e. The van der Waals surface area contributed by atoms with E-state index in [1.807, 2.05) is 36.2 Å². The normalized spacial score (nSPS) is 14.3. The van der Waals surface area contributed by atoms with Gasteiger partial charge in [-0.3, -0.25) is 14.7 Å². The Bertz CT molecular complexity index is 1180. The average molecular weight is 480 g/mol. The average Bonchev–Trinajstić information content (AvgIpc) is 2.83. The van der Waals surface area contributed by atoms with E-state index in [4.69, 9.17) is 17.0 Å². The van der Waals surface area contributed by atoms with Crippen LogP contribution in [0.4, 0.5) is 0 Å². The highest BCUT2D eigenvalue weighted by Crippen LogP contribution is 2.19. The molecule has 34 heavy (non-hydrogen) atoms. The van der Waals surface area contributed by atoms with Crippen molar-refractivity contribution in [2.75, 3.05) is 39.4 Å². The van der Waals surface area contributed by atoms with Crippen LogP contribution >= 0.6 is 12.2 Å². The number of nitrogens with zero attached hydrogens (tertiary/aromatic N) is 3. The summed E-state index contributed by atoms with van der Waals surface area (Å²) in [6.45, 7) is 10.5. The Morgan fingerprint density at radius 2 is 2.06 bits per heavy atom. The van der Waals surface area contributed by atoms with Crippen LogP contribution in [0.2, 0.25) is 0 Å². The maximum Gasteiger partial charge on any atom is 0.253 e. The quantitative estimate of drug-likeness (QED) is 0.380. The lowest BCUT2D eigenvalue weighted by Crippen LogP contribution is -2.42. The van der Waals surface area contributed by atoms with Crippen molar-refractivity contribution in [1.82, 2.24) is 25.1 Å². The number of morpholine rings is 1. The van der Waals surface area contributed by atoms with Gasteiger partial charge in [0, 0.05) is 44.1 Å². The fourth-order valence-electron chi connectivity index (χ4n) is 4.40. The molecule has 1 aliphatic heterocycles. The zero-order valence-corrected chi connectivity index (χ0v) is 20.8. The second-order valence-electron chi connectivity index (χ2n) is 8.93. The second kappa shape index (κ2) is 11.6. The van der Waals surface area contributed by atoms with E-state index >= 15 is 0 Å². The first-order valence-corrected chi connectivity index (χ1v) is 12.3. The molecule has 7 nitrogen and oxygen atoms in total. The van der Waals surface area contributed by atoms with Crippen LogP contribution in [0, 0.1) is 13.8 Å². The molecular weight excluding hydrogens is 446 g/mol. The number of pyridine rings is 2. The van der Waals surface area contributed by atoms with Gasteiger partial charge in [-0.05, 0) is 73.7 Å². The van der Waals surface area contributed by atoms with Crippen LogP contribution in [0.3, 0.4) is 0 Å². The first-order valence-electron chi connectivity index (χ1n) is 11.8. The number of aromatic nitrogens is 2. The van der Waals surface area contributed by atoms with Gasteiger partial charge in [0.2, 0.25) is 0 Å². The van der Waals surface area contributed by atoms with Gasteiger partial charge in [-0.1, -0.05) is 17.7 Å². The summed E-state index contributed by atoms with van der Waals surface area (Å²) in [6, 6.07) is 10.1. The molecule has 2 N–H and O–H groups in total. The number of rotatable bonds is 8. The number of fused-ring (bicyclic) bond motifs is 1. The van der Waals surface area contributed by atoms with Crippen molar-refractivity contribution in [2.24, 2.45) is 0 Å². The van der Waals surface area contributed by atoms with Crippen LogP contribution in [0.15, 0.2) is 47.5 Å². The van der Waals surface area contributed by atoms with Gasteiger partial charge in [0.05, 0.1) is 25.3 Å². The molecule has 0 spiro atoms. The summed E-state index contributed by atoms with van der Waals surface area (Å²) in [5, 5.41) is 5.09. The molecule has 4 rings (SSSR count). The van der Waals surface area contributed by atoms with Gasteiger partial charge in [-0.15, -0.1) is 0 Å². The third-order valence-corrected chi connectivity index (χ3v) is 6.55. The van der Waals surface area contributed by atoms with Crippen LogP contribution in [0.1, 0.15) is 28.7 Å². The number of ether oxygens (including phenoxy) is 1. The van der Waals surface area contributed by atoms with Gasteiger partial charge >= 0.3 is 0 Å². The highest BCUT2D eigenvalue weighted by molar-refractivity contribution is 7.80. The second-order valence-corrected chi connectivity index (χ2v) is 9.31. The van der Waals surface area contributed by atoms with Gasteiger partial charge in [0.15, 0.2) is 5.11 Å². The zero-order chi connectivity index (χ0) is 23.9. The minimum absolute atomic E-state index is 0.0780. The molecule has 1 fully saturated rings. The number of hydrogen-bond acceptors (Lipinski definition) is 5. The summed E-state index contributed by atoms with van der Waals surface area (Å²) in [5.41, 5.74) is 4.80. The van der Waals surface area contributed by atoms with Crippen molar-refractivity contribution in [3.05, 3.63) is 75.3 Å². The molecule has 0 aliphatic carbocycles. The first-order chi connectivity index (χ1) is 16.5. The molecule has 3 aromatic rings. The van der Waals surface area contributed by atoms with Crippen LogP contribution in [0.5, 0.6) is 0 Å². The minimum Gasteiger partial charge on any atom is -0.379 e. The van der Waals surface area contributed by atoms with E-state index in [2.05, 4.69) is 39.2 Å². The van der Waals surface area contributed by atoms with Crippen LogP contribution in [-0.2, 0) is 17.8 Å². The molecule has 0 bridgehead atoms. The van der Waals surface area contributed by atoms with Crippen molar-refractivity contribution in [1.29, 1.82) is 0 Å². The molecule has 2 aromatic heterocycles. The number of hydrogen-bond donors (Lipinski definition) is 2. The van der Waals surface area contributed by atoms with E-state index in [0.29, 0.717) is 23.8 Å². The molecule has 0 unspecified atom stereocenters. The van der Waals surface area contributed by atoms with Gasteiger partial charge in [0.25, 0.3) is 5.56 Å². The number of benzene rings is 1. The highest BCUT2D eigenvalue weighted by Gasteiger charge is 2.15. The van der Waals surface area contributed by atoms with Gasteiger partial charge in [0.1, 0.15) is 0 Å². The van der Waals surface area contributed by atoms with Crippen molar-refractivity contribution in [3.8, 4) is 0 Å². The lowest BCUT2D eigenvalue weighted by atomic mass is 10.1. The van der Waals surface area contributed by atoms with E-state index in [0.717, 1.165) is 67.8 Å². The third-order valence-electron chi connectivity index (χ3n) is 6.15. The van der Waals surface area contributed by atoms with Crippen LogP contribution in [-0.4, -0.2) is 64.3 Å². The molecule has 1 aliphatic rings. The summed E-state index contributed by atoms with van der Waals surface area (Å²) >= 11 is 5.77. The van der Waals surface area contributed by atoms with E-state index in [-0.39, 0.29) is 5.56 Å². The number of thiocarbonyl (C=S) groups is 1. The fourth-order valence-corrected chi connectivity index (χ4v) is 4.63. The summed E-state index contributed by atoms with van der Waals surface area (Å²) in [4.78, 5) is 24.7. The molecule has 3 heterocycles. The fraction of sp³-hybridized carbons (Fsp3) is 0.423. The van der Waals surface area contributed by atoms with Crippen molar-refractivity contribution < 1.29 is 4.74 Å². The molecular formula is C26H33N5O2S. The third kappa shape index (κ3) is 6.40. The Hall–Kier alpha value is -2.81. The Morgan fingerprint density at radius 1 is 1.24 bits per heavy atom. The van der Waals surface area contributed by atoms with E-state index in [1.54, 1.807) is 6.20 Å². The van der Waals surface area contributed by atoms with Crippen LogP contribution < -0.4 is 10.9 Å². The number of aryl methyl sites for hydroxylation is 2. The number of nitrogens with one attached hydrogen (secondary N) is 2. The summed E-state index contributed by atoms with van der Waals surface area (Å²) in [5.74, 6) is 0. The molecule has 0 atom stereocenters. The molecule has 1 aromatic carbocycles. The lowest BCUT2D eigenvalue weighted by Gasteiger charge is -2.28. The van der Waals surface area contributed by atoms with Gasteiger partial charge < -0.3 is 19.9 Å². The Morgan fingerprint density at radius 3 is 2.82 bits per heavy atom. The topological polar surface area (TPSA) is 73.5 Å². The summed E-state index contributed by atoms with van der Waals surface area (Å²) < 4.78 is 5.42. The maximum atomic E-state index is 12.9. The van der Waals surface area contributed by atoms with E-state index in [9.17, 15) is 4.79 Å². The monoisotopic (exact) mass is 479 g/mol. The van der Waals surface area contributed by atoms with Crippen molar-refractivity contribution >= 4 is 28.2 Å². The van der Waals surface area contributed by atoms with Crippen molar-refractivity contribution in [2.45, 2.75) is 33.4 Å². The predicted molar refractivity (Wildman–Crippen MR) is 140 cm³/mol. The van der Waals surface area contributed by atoms with E-state index < -0.39 is 0 Å². The van der Waals surface area contributed by atoms with Gasteiger partial charge in [-0.25, -0.2) is 0 Å². The number of H-pyrrole nitrogens is 1. The Balaban J connectivity index is 1.47. The van der Waals surface area contributed by atoms with Gasteiger partial charge in [-0.2, -0.15) is 0 Å². The molecule has 0 saturated carbocycles. The SMILES string of the molecule is Cc1cc(C)c2[nH]c(=O)c(CN(Cc3cccnc3)C(=S)NCCCN3CCOCC3)cc2c1. The minimum atomic E-state index is -0.0780. The smallest absolute Gasteiger partial charge is 0.253 e. The molecule has 8 heteroatoms.